The van der Waals surface area contributed by atoms with Gasteiger partial charge in [-0.05, 0) is 50.0 Å². The van der Waals surface area contributed by atoms with E-state index in [4.69, 9.17) is 0 Å². The van der Waals surface area contributed by atoms with E-state index in [2.05, 4.69) is 10.6 Å². The molecule has 0 aliphatic carbocycles. The zero-order valence-corrected chi connectivity index (χ0v) is 10.6. The third kappa shape index (κ3) is 2.70. The fourth-order valence-corrected chi connectivity index (χ4v) is 2.65. The third-order valence-corrected chi connectivity index (χ3v) is 3.73. The molecule has 1 fully saturated rings. The van der Waals surface area contributed by atoms with Crippen molar-refractivity contribution in [3.63, 3.8) is 0 Å². The highest BCUT2D eigenvalue weighted by Gasteiger charge is 2.38. The summed E-state index contributed by atoms with van der Waals surface area (Å²) in [6, 6.07) is 6.44. The summed E-state index contributed by atoms with van der Waals surface area (Å²) in [4.78, 5) is 12.1. The monoisotopic (exact) mass is 250 g/mol. The molecule has 1 aliphatic rings. The highest BCUT2D eigenvalue weighted by atomic mass is 19.1. The summed E-state index contributed by atoms with van der Waals surface area (Å²) < 4.78 is 12.9. The molecule has 4 heteroatoms. The van der Waals surface area contributed by atoms with Crippen LogP contribution in [0.3, 0.4) is 0 Å². The fourth-order valence-electron chi connectivity index (χ4n) is 2.65. The molecule has 1 aliphatic heterocycles. The lowest BCUT2D eigenvalue weighted by Gasteiger charge is -2.36. The smallest absolute Gasteiger partial charge is 0.226 e. The van der Waals surface area contributed by atoms with Crippen molar-refractivity contribution in [1.29, 1.82) is 0 Å². The van der Waals surface area contributed by atoms with E-state index in [0.29, 0.717) is 6.42 Å². The molecular weight excluding hydrogens is 231 g/mol. The highest BCUT2D eigenvalue weighted by molar-refractivity contribution is 5.82. The standard InChI is InChI=1S/C14H19FN2O/c1-16-13(18)14(6-8-17-9-7-14)10-11-2-4-12(15)5-3-11/h2-5,17H,6-10H2,1H3,(H,16,18). The van der Waals surface area contributed by atoms with Gasteiger partial charge in [0, 0.05) is 7.05 Å². The number of carbonyl (C=O) groups excluding carboxylic acids is 1. The van der Waals surface area contributed by atoms with E-state index in [1.54, 1.807) is 19.2 Å². The lowest BCUT2D eigenvalue weighted by Crippen LogP contribution is -2.48. The summed E-state index contributed by atoms with van der Waals surface area (Å²) in [6.07, 6.45) is 2.32. The molecule has 0 aromatic heterocycles. The predicted molar refractivity (Wildman–Crippen MR) is 68.7 cm³/mol. The summed E-state index contributed by atoms with van der Waals surface area (Å²) in [5.41, 5.74) is 0.666. The van der Waals surface area contributed by atoms with Crippen molar-refractivity contribution in [2.75, 3.05) is 20.1 Å². The van der Waals surface area contributed by atoms with Gasteiger partial charge in [-0.25, -0.2) is 4.39 Å². The Morgan fingerprint density at radius 2 is 1.94 bits per heavy atom. The van der Waals surface area contributed by atoms with E-state index < -0.39 is 0 Å². The van der Waals surface area contributed by atoms with Gasteiger partial charge in [0.15, 0.2) is 0 Å². The number of piperidine rings is 1. The second-order valence-electron chi connectivity index (χ2n) is 4.91. The average molecular weight is 250 g/mol. The molecular formula is C14H19FN2O. The molecule has 2 rings (SSSR count). The average Bonchev–Trinajstić information content (AvgIpc) is 2.41. The van der Waals surface area contributed by atoms with Gasteiger partial charge in [-0.2, -0.15) is 0 Å². The minimum Gasteiger partial charge on any atom is -0.359 e. The van der Waals surface area contributed by atoms with Crippen LogP contribution in [0.15, 0.2) is 24.3 Å². The minimum absolute atomic E-state index is 0.0910. The van der Waals surface area contributed by atoms with Crippen LogP contribution in [0, 0.1) is 11.2 Å². The maximum absolute atomic E-state index is 12.9. The van der Waals surface area contributed by atoms with E-state index in [0.717, 1.165) is 31.5 Å². The summed E-state index contributed by atoms with van der Waals surface area (Å²) in [7, 11) is 1.68. The van der Waals surface area contributed by atoms with Crippen LogP contribution in [0.25, 0.3) is 0 Å². The van der Waals surface area contributed by atoms with Crippen LogP contribution in [-0.2, 0) is 11.2 Å². The van der Waals surface area contributed by atoms with Crippen molar-refractivity contribution in [3.05, 3.63) is 35.6 Å². The van der Waals surface area contributed by atoms with Crippen molar-refractivity contribution in [1.82, 2.24) is 10.6 Å². The van der Waals surface area contributed by atoms with Crippen LogP contribution in [0.2, 0.25) is 0 Å². The molecule has 0 radical (unpaired) electrons. The van der Waals surface area contributed by atoms with Gasteiger partial charge in [-0.15, -0.1) is 0 Å². The molecule has 0 bridgehead atoms. The molecule has 1 aromatic rings. The molecule has 1 amide bonds. The lowest BCUT2D eigenvalue weighted by molar-refractivity contribution is -0.132. The van der Waals surface area contributed by atoms with Gasteiger partial charge in [0.25, 0.3) is 0 Å². The molecule has 1 saturated heterocycles. The molecule has 18 heavy (non-hydrogen) atoms. The molecule has 2 N–H and O–H groups in total. The second kappa shape index (κ2) is 5.48. The van der Waals surface area contributed by atoms with Crippen LogP contribution in [0.4, 0.5) is 4.39 Å². The Morgan fingerprint density at radius 3 is 2.50 bits per heavy atom. The zero-order chi connectivity index (χ0) is 13.0. The molecule has 0 atom stereocenters. The van der Waals surface area contributed by atoms with Gasteiger partial charge in [0.2, 0.25) is 5.91 Å². The first kappa shape index (κ1) is 13.0. The number of halogens is 1. The van der Waals surface area contributed by atoms with Crippen molar-refractivity contribution in [2.45, 2.75) is 19.3 Å². The van der Waals surface area contributed by atoms with Gasteiger partial charge in [-0.3, -0.25) is 4.79 Å². The first-order valence-electron chi connectivity index (χ1n) is 6.34. The van der Waals surface area contributed by atoms with Gasteiger partial charge in [0.1, 0.15) is 5.82 Å². The number of hydrogen-bond acceptors (Lipinski definition) is 2. The maximum Gasteiger partial charge on any atom is 0.226 e. The van der Waals surface area contributed by atoms with Gasteiger partial charge < -0.3 is 10.6 Å². The van der Waals surface area contributed by atoms with E-state index in [-0.39, 0.29) is 17.1 Å². The Bertz CT molecular complexity index is 410. The third-order valence-electron chi connectivity index (χ3n) is 3.73. The first-order chi connectivity index (χ1) is 8.66. The number of carbonyl (C=O) groups is 1. The second-order valence-corrected chi connectivity index (χ2v) is 4.91. The topological polar surface area (TPSA) is 41.1 Å². The Morgan fingerprint density at radius 1 is 1.33 bits per heavy atom. The van der Waals surface area contributed by atoms with Crippen LogP contribution < -0.4 is 10.6 Å². The van der Waals surface area contributed by atoms with E-state index in [1.807, 2.05) is 0 Å². The van der Waals surface area contributed by atoms with Crippen LogP contribution >= 0.6 is 0 Å². The number of benzene rings is 1. The number of rotatable bonds is 3. The van der Waals surface area contributed by atoms with Gasteiger partial charge in [0.05, 0.1) is 5.41 Å². The Kier molecular flexibility index (Phi) is 3.97. The van der Waals surface area contributed by atoms with E-state index >= 15 is 0 Å². The highest BCUT2D eigenvalue weighted by Crippen LogP contribution is 2.33. The van der Waals surface area contributed by atoms with Crippen LogP contribution in [0.1, 0.15) is 18.4 Å². The predicted octanol–water partition coefficient (Wildman–Crippen LogP) is 1.48. The van der Waals surface area contributed by atoms with Crippen LogP contribution in [-0.4, -0.2) is 26.0 Å². The SMILES string of the molecule is CNC(=O)C1(Cc2ccc(F)cc2)CCNCC1. The summed E-state index contributed by atoms with van der Waals surface area (Å²) in [6.45, 7) is 1.71. The lowest BCUT2D eigenvalue weighted by atomic mass is 9.73. The van der Waals surface area contributed by atoms with E-state index in [1.165, 1.54) is 12.1 Å². The maximum atomic E-state index is 12.9. The summed E-state index contributed by atoms with van der Waals surface area (Å²) in [5, 5.41) is 6.04. The Labute approximate surface area is 107 Å². The Hall–Kier alpha value is -1.42. The molecule has 1 aromatic carbocycles. The van der Waals surface area contributed by atoms with Crippen molar-refractivity contribution in [2.24, 2.45) is 5.41 Å². The van der Waals surface area contributed by atoms with Crippen molar-refractivity contribution < 1.29 is 9.18 Å². The van der Waals surface area contributed by atoms with Gasteiger partial charge in [-0.1, -0.05) is 12.1 Å². The minimum atomic E-state index is -0.349. The van der Waals surface area contributed by atoms with Gasteiger partial charge >= 0.3 is 0 Å². The molecule has 98 valence electrons. The number of hydrogen-bond donors (Lipinski definition) is 2. The molecule has 0 spiro atoms. The number of nitrogens with one attached hydrogen (secondary N) is 2. The van der Waals surface area contributed by atoms with Crippen LogP contribution in [0.5, 0.6) is 0 Å². The molecule has 3 nitrogen and oxygen atoms in total. The summed E-state index contributed by atoms with van der Waals surface area (Å²) >= 11 is 0. The largest absolute Gasteiger partial charge is 0.359 e. The molecule has 0 saturated carbocycles. The molecule has 0 unspecified atom stereocenters. The zero-order valence-electron chi connectivity index (χ0n) is 10.6. The number of amides is 1. The Balaban J connectivity index is 2.19. The summed E-state index contributed by atoms with van der Waals surface area (Å²) in [5.74, 6) is -0.147. The quantitative estimate of drug-likeness (QED) is 0.853. The van der Waals surface area contributed by atoms with Crippen molar-refractivity contribution >= 4 is 5.91 Å². The first-order valence-corrected chi connectivity index (χ1v) is 6.34. The van der Waals surface area contributed by atoms with E-state index in [9.17, 15) is 9.18 Å². The fraction of sp³-hybridized carbons (Fsp3) is 0.500. The van der Waals surface area contributed by atoms with Crippen molar-refractivity contribution in [3.8, 4) is 0 Å². The normalized spacial score (nSPS) is 18.3. The molecule has 1 heterocycles.